The van der Waals surface area contributed by atoms with Gasteiger partial charge in [-0.2, -0.15) is 20.3 Å². The average Bonchev–Trinajstić information content (AvgIpc) is 4.40. The molecule has 2 aliphatic rings. The van der Waals surface area contributed by atoms with Crippen molar-refractivity contribution in [3.8, 4) is 22.5 Å². The van der Waals surface area contributed by atoms with Crippen LogP contribution in [0.3, 0.4) is 0 Å². The molecule has 8 aromatic rings. The number of carbonyl (C=O) groups excluding carboxylic acids is 4. The maximum Gasteiger partial charge on any atom is 0.303 e. The van der Waals surface area contributed by atoms with E-state index in [1.807, 2.05) is 97.2 Å². The fourth-order valence-corrected chi connectivity index (χ4v) is 10.6. The number of hydrogen-bond donors (Lipinski definition) is 4. The standard InChI is InChI=1S/C56H55N13O6S2/c1-36(38-11-5-3-6-12-38)31-45(71)67-28-24-56(75,25-29-67)34-68-35-60-47-49(52(68)73)64-66(2)50(47)41-18-16-37(17-19-41)32-59-44(70)15-9-10-26-57-51(72)42-22-20-39(21-23-42)43-33-77-55(61-43)69-53(74)48(62-63-54-58-27-30-76-54)46(65-69)40-13-7-4-8-14-40/h3-8,11-14,16-23,27,30,33,35-36,75H,9-10,15,24-26,28-29,31-32,34H2,1-2H3,(H,57,72)(H,58,63)(H,59,70)/b62-48+/t36-/m1/s1. The van der Waals surface area contributed by atoms with Crippen molar-refractivity contribution in [2.45, 2.75) is 70.1 Å². The van der Waals surface area contributed by atoms with E-state index in [1.165, 1.54) is 38.6 Å². The third-order valence-electron chi connectivity index (χ3n) is 13.7. The molecule has 21 heteroatoms. The fourth-order valence-electron chi connectivity index (χ4n) is 9.34. The molecule has 4 amide bonds. The van der Waals surface area contributed by atoms with Crippen LogP contribution in [-0.2, 0) is 34.5 Å². The van der Waals surface area contributed by atoms with E-state index in [9.17, 15) is 29.1 Å². The molecule has 0 bridgehead atoms. The minimum absolute atomic E-state index is 0.0424. The van der Waals surface area contributed by atoms with Crippen LogP contribution in [0.25, 0.3) is 33.5 Å². The van der Waals surface area contributed by atoms with E-state index in [1.54, 1.807) is 52.5 Å². The average molecular weight is 1070 g/mol. The van der Waals surface area contributed by atoms with E-state index < -0.39 is 11.5 Å². The van der Waals surface area contributed by atoms with Crippen molar-refractivity contribution >= 4 is 79.0 Å². The van der Waals surface area contributed by atoms with E-state index in [4.69, 9.17) is 4.98 Å². The van der Waals surface area contributed by atoms with Gasteiger partial charge in [0.05, 0.1) is 29.9 Å². The third kappa shape index (κ3) is 12.0. The SMILES string of the molecule is C[C@H](CC(=O)N1CCC(O)(Cn2cnc3c(-c4ccc(CNC(=O)CCCCNC(=O)c5ccc(-c6csc(N7N=C(c8ccccc8)/C(=N\Nc8nccs8)C7=O)n6)cc5)cc4)n(C)nc3c2=O)CC1)c1ccccc1. The number of rotatable bonds is 19. The van der Waals surface area contributed by atoms with Gasteiger partial charge in [-0.25, -0.2) is 15.0 Å². The van der Waals surface area contributed by atoms with Crippen LogP contribution in [0, 0.1) is 0 Å². The van der Waals surface area contributed by atoms with Crippen LogP contribution in [0.4, 0.5) is 10.3 Å². The quantitative estimate of drug-likeness (QED) is 0.0461. The van der Waals surface area contributed by atoms with Crippen LogP contribution in [0.1, 0.15) is 78.4 Å². The lowest BCUT2D eigenvalue weighted by molar-refractivity contribution is -0.136. The number of aliphatic hydroxyl groups is 1. The number of aromatic nitrogens is 6. The number of nitrogens with zero attached hydrogens (tertiary/aromatic N) is 10. The summed E-state index contributed by atoms with van der Waals surface area (Å²) in [7, 11) is 1.76. The molecule has 0 saturated carbocycles. The summed E-state index contributed by atoms with van der Waals surface area (Å²) in [6.07, 6.45) is 5.66. The number of fused-ring (bicyclic) bond motifs is 1. The topological polar surface area (TPSA) is 234 Å². The van der Waals surface area contributed by atoms with E-state index in [2.05, 4.69) is 41.3 Å². The lowest BCUT2D eigenvalue weighted by atomic mass is 9.90. The molecule has 0 radical (unpaired) electrons. The van der Waals surface area contributed by atoms with Crippen molar-refractivity contribution in [1.82, 2.24) is 44.8 Å². The van der Waals surface area contributed by atoms with Crippen LogP contribution in [-0.4, -0.2) is 99.6 Å². The Balaban J connectivity index is 0.655. The minimum Gasteiger partial charge on any atom is -0.388 e. The predicted octanol–water partition coefficient (Wildman–Crippen LogP) is 7.36. The van der Waals surface area contributed by atoms with Gasteiger partial charge < -0.3 is 20.6 Å². The summed E-state index contributed by atoms with van der Waals surface area (Å²) in [5.41, 5.74) is 8.56. The zero-order valence-electron chi connectivity index (χ0n) is 42.3. The summed E-state index contributed by atoms with van der Waals surface area (Å²) in [4.78, 5) is 81.6. The molecule has 1 saturated heterocycles. The number of hydrogen-bond acceptors (Lipinski definition) is 15. The van der Waals surface area contributed by atoms with E-state index in [-0.39, 0.29) is 47.0 Å². The van der Waals surface area contributed by atoms with Gasteiger partial charge in [-0.1, -0.05) is 104 Å². The minimum atomic E-state index is -1.18. The van der Waals surface area contributed by atoms with Crippen molar-refractivity contribution in [2.75, 3.05) is 30.1 Å². The summed E-state index contributed by atoms with van der Waals surface area (Å²) < 4.78 is 3.04. The Labute approximate surface area is 451 Å². The Morgan fingerprint density at radius 3 is 2.29 bits per heavy atom. The molecule has 10 rings (SSSR count). The third-order valence-corrected chi connectivity index (χ3v) is 15.2. The summed E-state index contributed by atoms with van der Waals surface area (Å²) >= 11 is 2.62. The molecule has 1 atom stereocenters. The van der Waals surface area contributed by atoms with E-state index in [0.29, 0.717) is 103 Å². The lowest BCUT2D eigenvalue weighted by Crippen LogP contribution is -2.49. The molecule has 0 aliphatic carbocycles. The van der Waals surface area contributed by atoms with E-state index >= 15 is 0 Å². The molecule has 1 fully saturated rings. The van der Waals surface area contributed by atoms with Crippen LogP contribution in [0.5, 0.6) is 0 Å². The van der Waals surface area contributed by atoms with Gasteiger partial charge in [-0.05, 0) is 54.9 Å². The van der Waals surface area contributed by atoms with E-state index in [0.717, 1.165) is 27.8 Å². The molecule has 0 spiro atoms. The molecule has 0 unspecified atom stereocenters. The second-order valence-electron chi connectivity index (χ2n) is 19.1. The summed E-state index contributed by atoms with van der Waals surface area (Å²) in [6, 6.07) is 33.9. The zero-order valence-corrected chi connectivity index (χ0v) is 44.0. The van der Waals surface area contributed by atoms with Gasteiger partial charge in [0, 0.05) is 85.3 Å². The second-order valence-corrected chi connectivity index (χ2v) is 20.8. The number of benzene rings is 4. The molecule has 392 valence electrons. The fraction of sp³-hybridized carbons (Fsp3) is 0.268. The molecule has 2 aliphatic heterocycles. The largest absolute Gasteiger partial charge is 0.388 e. The normalized spacial score (nSPS) is 15.2. The van der Waals surface area contributed by atoms with Crippen LogP contribution in [0.15, 0.2) is 147 Å². The number of aryl methyl sites for hydroxylation is 1. The molecule has 77 heavy (non-hydrogen) atoms. The Morgan fingerprint density at radius 2 is 1.56 bits per heavy atom. The molecular weight excluding hydrogens is 1010 g/mol. The summed E-state index contributed by atoms with van der Waals surface area (Å²) in [6.45, 7) is 3.62. The van der Waals surface area contributed by atoms with Crippen molar-refractivity contribution in [3.63, 3.8) is 0 Å². The first kappa shape index (κ1) is 51.9. The number of nitrogens with one attached hydrogen (secondary N) is 3. The Hall–Kier alpha value is -8.53. The first-order chi connectivity index (χ1) is 37.4. The van der Waals surface area contributed by atoms with Gasteiger partial charge in [0.2, 0.25) is 22.1 Å². The number of piperidine rings is 1. The van der Waals surface area contributed by atoms with Gasteiger partial charge >= 0.3 is 5.91 Å². The van der Waals surface area contributed by atoms with Crippen molar-refractivity contribution in [2.24, 2.45) is 17.3 Å². The number of thiazole rings is 2. The van der Waals surface area contributed by atoms with Crippen LogP contribution >= 0.6 is 22.7 Å². The first-order valence-corrected chi connectivity index (χ1v) is 27.0. The number of hydrazone groups is 2. The van der Waals surface area contributed by atoms with Crippen molar-refractivity contribution < 1.29 is 24.3 Å². The molecule has 4 aromatic heterocycles. The Kier molecular flexibility index (Phi) is 15.6. The molecule has 6 heterocycles. The first-order valence-electron chi connectivity index (χ1n) is 25.3. The lowest BCUT2D eigenvalue weighted by Gasteiger charge is -2.38. The van der Waals surface area contributed by atoms with Crippen LogP contribution in [0.2, 0.25) is 0 Å². The second kappa shape index (κ2) is 23.2. The molecule has 4 N–H and O–H groups in total. The molecule has 4 aromatic carbocycles. The number of carbonyl (C=O) groups is 4. The summed E-state index contributed by atoms with van der Waals surface area (Å²) in [5, 5.41) is 36.8. The van der Waals surface area contributed by atoms with Crippen molar-refractivity contribution in [1.29, 1.82) is 0 Å². The highest BCUT2D eigenvalue weighted by Crippen LogP contribution is 2.32. The highest BCUT2D eigenvalue weighted by molar-refractivity contribution is 7.14. The van der Waals surface area contributed by atoms with Gasteiger partial charge in [-0.3, -0.25) is 38.6 Å². The molecule has 19 nitrogen and oxygen atoms in total. The predicted molar refractivity (Wildman–Crippen MR) is 298 cm³/mol. The highest BCUT2D eigenvalue weighted by atomic mass is 32.1. The number of amides is 4. The summed E-state index contributed by atoms with van der Waals surface area (Å²) in [5.74, 6) is -0.632. The number of likely N-dealkylation sites (tertiary alicyclic amines) is 1. The maximum absolute atomic E-state index is 13.7. The maximum atomic E-state index is 13.7. The molecular formula is C56H55N13O6S2. The smallest absolute Gasteiger partial charge is 0.303 e. The van der Waals surface area contributed by atoms with Gasteiger partial charge in [0.1, 0.15) is 11.2 Å². The number of unbranched alkanes of at least 4 members (excludes halogenated alkanes) is 1. The Bertz CT molecular complexity index is 3530. The zero-order chi connectivity index (χ0) is 53.5. The van der Waals surface area contributed by atoms with Gasteiger partial charge in [0.15, 0.2) is 11.2 Å². The number of anilines is 2. The monoisotopic (exact) mass is 1070 g/mol. The van der Waals surface area contributed by atoms with Crippen LogP contribution < -0.4 is 26.6 Å². The van der Waals surface area contributed by atoms with Crippen molar-refractivity contribution in [3.05, 3.63) is 165 Å². The Morgan fingerprint density at radius 1 is 0.831 bits per heavy atom. The highest BCUT2D eigenvalue weighted by Gasteiger charge is 2.37. The van der Waals surface area contributed by atoms with Gasteiger partial charge in [0.25, 0.3) is 11.5 Å². The van der Waals surface area contributed by atoms with Gasteiger partial charge in [-0.15, -0.1) is 22.7 Å².